The summed E-state index contributed by atoms with van der Waals surface area (Å²) in [4.78, 5) is 4.47. The van der Waals surface area contributed by atoms with Crippen molar-refractivity contribution in [2.45, 2.75) is 33.0 Å². The highest BCUT2D eigenvalue weighted by atomic mass is 14.7. The molecule has 1 aromatic heterocycles. The van der Waals surface area contributed by atoms with Gasteiger partial charge in [-0.15, -0.1) is 0 Å². The summed E-state index contributed by atoms with van der Waals surface area (Å²) in [7, 11) is 0. The van der Waals surface area contributed by atoms with Crippen molar-refractivity contribution in [2.75, 3.05) is 0 Å². The molecule has 1 heterocycles. The molecule has 1 aromatic carbocycles. The van der Waals surface area contributed by atoms with Crippen LogP contribution in [0.5, 0.6) is 0 Å². The van der Waals surface area contributed by atoms with Gasteiger partial charge in [-0.3, -0.25) is 4.98 Å². The Labute approximate surface area is 108 Å². The van der Waals surface area contributed by atoms with E-state index >= 15 is 0 Å². The summed E-state index contributed by atoms with van der Waals surface area (Å²) in [5, 5.41) is 0. The molecule has 1 nitrogen and oxygen atoms in total. The Balaban J connectivity index is 2.29. The lowest BCUT2D eigenvalue weighted by atomic mass is 9.88. The van der Waals surface area contributed by atoms with Gasteiger partial charge in [0, 0.05) is 15.9 Å². The minimum atomic E-state index is -2.05. The number of hydrogen-bond acceptors (Lipinski definition) is 1. The number of pyridine rings is 1. The van der Waals surface area contributed by atoms with Crippen molar-refractivity contribution in [1.29, 1.82) is 0 Å². The first kappa shape index (κ1) is 8.46. The minimum absolute atomic E-state index is 0.0800. The van der Waals surface area contributed by atoms with Crippen LogP contribution in [-0.2, 0) is 5.41 Å². The van der Waals surface area contributed by atoms with Crippen LogP contribution in [0.3, 0.4) is 0 Å². The lowest BCUT2D eigenvalue weighted by Gasteiger charge is -2.18. The molecule has 1 heteroatoms. The minimum Gasteiger partial charge on any atom is -0.256 e. The van der Waals surface area contributed by atoms with E-state index in [0.29, 0.717) is 5.56 Å². The van der Waals surface area contributed by atoms with E-state index in [4.69, 9.17) is 4.11 Å². The molecule has 0 spiro atoms. The van der Waals surface area contributed by atoms with Crippen molar-refractivity contribution in [2.24, 2.45) is 0 Å². The summed E-state index contributed by atoms with van der Waals surface area (Å²) in [6, 6.07) is 10.9. The van der Waals surface area contributed by atoms with Crippen molar-refractivity contribution in [3.8, 4) is 11.3 Å². The molecule has 0 radical (unpaired) electrons. The largest absolute Gasteiger partial charge is 0.256 e. The second-order valence-corrected chi connectivity index (χ2v) is 5.26. The monoisotopic (exact) mass is 228 g/mol. The molecule has 88 valence electrons. The molecule has 0 aliphatic carbocycles. The lowest BCUT2D eigenvalue weighted by molar-refractivity contribution is 0.587. The molecule has 0 bridgehead atoms. The highest BCUT2D eigenvalue weighted by molar-refractivity contribution is 5.59. The van der Waals surface area contributed by atoms with E-state index < -0.39 is 6.85 Å². The standard InChI is InChI=1S/C16H19N/c1-12-5-7-13(8-6-12)15-10-9-14(11-17-15)16(2,3)4/h5-11H,1-4H3/i1D3. The van der Waals surface area contributed by atoms with E-state index in [-0.39, 0.29) is 5.41 Å². The number of aromatic nitrogens is 1. The number of rotatable bonds is 1. The summed E-state index contributed by atoms with van der Waals surface area (Å²) < 4.78 is 22.1. The first-order valence-electron chi connectivity index (χ1n) is 7.25. The topological polar surface area (TPSA) is 12.9 Å². The predicted octanol–water partition coefficient (Wildman–Crippen LogP) is 4.35. The summed E-state index contributed by atoms with van der Waals surface area (Å²) in [5.74, 6) is 0. The van der Waals surface area contributed by atoms with Crippen LogP contribution in [0.1, 0.15) is 36.0 Å². The van der Waals surface area contributed by atoms with Gasteiger partial charge in [-0.25, -0.2) is 0 Å². The molecule has 0 amide bonds. The van der Waals surface area contributed by atoms with Gasteiger partial charge < -0.3 is 0 Å². The van der Waals surface area contributed by atoms with E-state index in [0.717, 1.165) is 11.3 Å². The van der Waals surface area contributed by atoms with Gasteiger partial charge in [-0.1, -0.05) is 56.7 Å². The normalized spacial score (nSPS) is 14.9. The Morgan fingerprint density at radius 3 is 2.18 bits per heavy atom. The second-order valence-electron chi connectivity index (χ2n) is 5.26. The van der Waals surface area contributed by atoms with Gasteiger partial charge in [0.2, 0.25) is 0 Å². The fourth-order valence-corrected chi connectivity index (χ4v) is 1.65. The quantitative estimate of drug-likeness (QED) is 0.707. The summed E-state index contributed by atoms with van der Waals surface area (Å²) in [6.45, 7) is 4.39. The molecule has 0 saturated heterocycles. The maximum atomic E-state index is 7.36. The van der Waals surface area contributed by atoms with Crippen molar-refractivity contribution >= 4 is 0 Å². The molecule has 0 unspecified atom stereocenters. The van der Waals surface area contributed by atoms with Gasteiger partial charge >= 0.3 is 0 Å². The average molecular weight is 228 g/mol. The zero-order chi connectivity index (χ0) is 15.0. The van der Waals surface area contributed by atoms with Crippen LogP contribution in [0.2, 0.25) is 0 Å². The molecule has 2 aromatic rings. The van der Waals surface area contributed by atoms with Gasteiger partial charge in [0.15, 0.2) is 0 Å². The fraction of sp³-hybridized carbons (Fsp3) is 0.312. The Bertz CT molecular complexity index is 520. The maximum absolute atomic E-state index is 7.36. The summed E-state index contributed by atoms with van der Waals surface area (Å²) in [5.41, 5.74) is 3.40. The number of nitrogens with zero attached hydrogens (tertiary/aromatic N) is 1. The molecule has 0 N–H and O–H groups in total. The first-order chi connectivity index (χ1) is 9.18. The predicted molar refractivity (Wildman–Crippen MR) is 73.1 cm³/mol. The van der Waals surface area contributed by atoms with Gasteiger partial charge in [0.05, 0.1) is 5.69 Å². The highest BCUT2D eigenvalue weighted by Gasteiger charge is 2.13. The van der Waals surface area contributed by atoms with E-state index in [1.54, 1.807) is 24.3 Å². The molecule has 0 aliphatic rings. The third-order valence-corrected chi connectivity index (χ3v) is 2.81. The molecule has 0 aliphatic heterocycles. The molecule has 0 fully saturated rings. The van der Waals surface area contributed by atoms with Crippen molar-refractivity contribution in [3.05, 3.63) is 53.7 Å². The second kappa shape index (κ2) is 4.33. The molecular weight excluding hydrogens is 206 g/mol. The van der Waals surface area contributed by atoms with Crippen LogP contribution >= 0.6 is 0 Å². The Kier molecular flexibility index (Phi) is 2.15. The summed E-state index contributed by atoms with van der Waals surface area (Å²) in [6.07, 6.45) is 1.88. The van der Waals surface area contributed by atoms with Crippen LogP contribution in [0.15, 0.2) is 42.6 Å². The summed E-state index contributed by atoms with van der Waals surface area (Å²) >= 11 is 0. The van der Waals surface area contributed by atoms with Crippen LogP contribution < -0.4 is 0 Å². The highest BCUT2D eigenvalue weighted by Crippen LogP contribution is 2.24. The van der Waals surface area contributed by atoms with Crippen molar-refractivity contribution in [3.63, 3.8) is 0 Å². The smallest absolute Gasteiger partial charge is 0.0702 e. The third kappa shape index (κ3) is 2.73. The van der Waals surface area contributed by atoms with Gasteiger partial charge in [-0.05, 0) is 23.9 Å². The lowest BCUT2D eigenvalue weighted by Crippen LogP contribution is -2.11. The number of benzene rings is 1. The van der Waals surface area contributed by atoms with E-state index in [1.807, 2.05) is 12.3 Å². The molecule has 0 atom stereocenters. The van der Waals surface area contributed by atoms with E-state index in [1.165, 1.54) is 5.56 Å². The zero-order valence-corrected chi connectivity index (χ0v) is 10.5. The van der Waals surface area contributed by atoms with Crippen LogP contribution in [0, 0.1) is 6.85 Å². The molecule has 0 saturated carbocycles. The zero-order valence-electron chi connectivity index (χ0n) is 13.5. The Morgan fingerprint density at radius 1 is 1.00 bits per heavy atom. The van der Waals surface area contributed by atoms with Crippen LogP contribution in [0.4, 0.5) is 0 Å². The fourth-order valence-electron chi connectivity index (χ4n) is 1.65. The van der Waals surface area contributed by atoms with Crippen molar-refractivity contribution in [1.82, 2.24) is 4.98 Å². The molecule has 17 heavy (non-hydrogen) atoms. The Hall–Kier alpha value is -1.63. The number of hydrogen-bond donors (Lipinski definition) is 0. The average Bonchev–Trinajstić information content (AvgIpc) is 2.37. The van der Waals surface area contributed by atoms with E-state index in [2.05, 4.69) is 31.8 Å². The van der Waals surface area contributed by atoms with Crippen LogP contribution in [-0.4, -0.2) is 4.98 Å². The van der Waals surface area contributed by atoms with Gasteiger partial charge in [0.1, 0.15) is 0 Å². The van der Waals surface area contributed by atoms with Crippen LogP contribution in [0.25, 0.3) is 11.3 Å². The molecule has 2 rings (SSSR count). The Morgan fingerprint density at radius 2 is 1.71 bits per heavy atom. The van der Waals surface area contributed by atoms with E-state index in [9.17, 15) is 0 Å². The third-order valence-electron chi connectivity index (χ3n) is 2.81. The number of aryl methyl sites for hydroxylation is 1. The molecular formula is C16H19N. The maximum Gasteiger partial charge on any atom is 0.0702 e. The first-order valence-corrected chi connectivity index (χ1v) is 5.75. The SMILES string of the molecule is [2H]C([2H])([2H])c1ccc(-c2ccc(C(C)(C)C)cn2)cc1. The van der Waals surface area contributed by atoms with Gasteiger partial charge in [-0.2, -0.15) is 0 Å². The van der Waals surface area contributed by atoms with Gasteiger partial charge in [0.25, 0.3) is 0 Å². The van der Waals surface area contributed by atoms with Crippen molar-refractivity contribution < 1.29 is 4.11 Å².